The van der Waals surface area contributed by atoms with E-state index < -0.39 is 5.97 Å². The molecule has 2 aliphatic rings. The lowest BCUT2D eigenvalue weighted by molar-refractivity contribution is -0.144. The Morgan fingerprint density at radius 1 is 1.43 bits per heavy atom. The van der Waals surface area contributed by atoms with Gasteiger partial charge in [0.2, 0.25) is 0 Å². The maximum Gasteiger partial charge on any atom is 0.308 e. The van der Waals surface area contributed by atoms with Crippen LogP contribution in [0.2, 0.25) is 0 Å². The molecule has 0 aromatic heterocycles. The van der Waals surface area contributed by atoms with Gasteiger partial charge in [0, 0.05) is 6.04 Å². The topological polar surface area (TPSA) is 49.3 Å². The molecule has 80 valence electrons. The number of carboxylic acids is 1. The summed E-state index contributed by atoms with van der Waals surface area (Å²) in [5.74, 6) is 0.676. The molecule has 1 saturated heterocycles. The van der Waals surface area contributed by atoms with E-state index in [9.17, 15) is 4.79 Å². The molecule has 3 atom stereocenters. The van der Waals surface area contributed by atoms with Gasteiger partial charge in [0.25, 0.3) is 0 Å². The van der Waals surface area contributed by atoms with Gasteiger partial charge >= 0.3 is 5.97 Å². The van der Waals surface area contributed by atoms with Gasteiger partial charge in [-0.2, -0.15) is 0 Å². The van der Waals surface area contributed by atoms with Gasteiger partial charge in [0.05, 0.1) is 5.92 Å². The maximum atomic E-state index is 11.1. The molecular weight excluding hydrogens is 178 g/mol. The van der Waals surface area contributed by atoms with Crippen LogP contribution in [-0.2, 0) is 4.79 Å². The van der Waals surface area contributed by atoms with Crippen molar-refractivity contribution in [1.82, 2.24) is 5.32 Å². The quantitative estimate of drug-likeness (QED) is 0.720. The second kappa shape index (κ2) is 3.89. The number of carbonyl (C=O) groups is 1. The summed E-state index contributed by atoms with van der Waals surface area (Å²) in [6.07, 6.45) is 4.45. The minimum absolute atomic E-state index is 0.153. The highest BCUT2D eigenvalue weighted by Crippen LogP contribution is 2.41. The summed E-state index contributed by atoms with van der Waals surface area (Å²) in [7, 11) is 0. The monoisotopic (exact) mass is 197 g/mol. The van der Waals surface area contributed by atoms with Gasteiger partial charge in [-0.05, 0) is 44.1 Å². The first-order valence-corrected chi connectivity index (χ1v) is 5.68. The summed E-state index contributed by atoms with van der Waals surface area (Å²) in [6.45, 7) is 3.10. The molecule has 0 amide bonds. The number of rotatable bonds is 3. The van der Waals surface area contributed by atoms with Crippen molar-refractivity contribution in [1.29, 1.82) is 0 Å². The molecule has 2 rings (SSSR count). The van der Waals surface area contributed by atoms with Gasteiger partial charge in [-0.1, -0.05) is 6.92 Å². The van der Waals surface area contributed by atoms with Crippen LogP contribution in [0.1, 0.15) is 32.6 Å². The summed E-state index contributed by atoms with van der Waals surface area (Å²) in [5.41, 5.74) is 0. The predicted octanol–water partition coefficient (Wildman–Crippen LogP) is 1.49. The molecule has 0 aromatic carbocycles. The number of hydrogen-bond donors (Lipinski definition) is 2. The highest BCUT2D eigenvalue weighted by Gasteiger charge is 2.40. The zero-order valence-corrected chi connectivity index (χ0v) is 8.70. The molecule has 1 aliphatic heterocycles. The Morgan fingerprint density at radius 2 is 2.14 bits per heavy atom. The second-order valence-electron chi connectivity index (χ2n) is 4.70. The van der Waals surface area contributed by atoms with E-state index in [-0.39, 0.29) is 12.0 Å². The predicted molar refractivity (Wildman–Crippen MR) is 54.0 cm³/mol. The average Bonchev–Trinajstić information content (AvgIpc) is 3.00. The molecule has 1 aliphatic carbocycles. The van der Waals surface area contributed by atoms with Gasteiger partial charge < -0.3 is 10.4 Å². The zero-order chi connectivity index (χ0) is 10.1. The maximum absolute atomic E-state index is 11.1. The lowest BCUT2D eigenvalue weighted by Gasteiger charge is -2.34. The number of piperidine rings is 1. The summed E-state index contributed by atoms with van der Waals surface area (Å²) in [5, 5.41) is 12.5. The molecule has 0 bridgehead atoms. The molecule has 2 N–H and O–H groups in total. The fourth-order valence-corrected chi connectivity index (χ4v) is 2.65. The van der Waals surface area contributed by atoms with Crippen LogP contribution < -0.4 is 5.32 Å². The fraction of sp³-hybridized carbons (Fsp3) is 0.909. The van der Waals surface area contributed by atoms with Crippen molar-refractivity contribution in [3.8, 4) is 0 Å². The van der Waals surface area contributed by atoms with Crippen molar-refractivity contribution in [2.24, 2.45) is 17.8 Å². The molecule has 2 fully saturated rings. The van der Waals surface area contributed by atoms with E-state index in [4.69, 9.17) is 5.11 Å². The lowest BCUT2D eigenvalue weighted by atomic mass is 9.81. The summed E-state index contributed by atoms with van der Waals surface area (Å²) in [6, 6.07) is 0.197. The van der Waals surface area contributed by atoms with Gasteiger partial charge in [-0.15, -0.1) is 0 Å². The summed E-state index contributed by atoms with van der Waals surface area (Å²) >= 11 is 0. The van der Waals surface area contributed by atoms with Crippen LogP contribution >= 0.6 is 0 Å². The SMILES string of the molecule is CCC1NCC(C2CC2)CC1C(=O)O. The van der Waals surface area contributed by atoms with E-state index in [0.717, 1.165) is 25.3 Å². The van der Waals surface area contributed by atoms with Crippen LogP contribution in [0.4, 0.5) is 0 Å². The van der Waals surface area contributed by atoms with Crippen LogP contribution in [0.25, 0.3) is 0 Å². The fourth-order valence-electron chi connectivity index (χ4n) is 2.65. The minimum atomic E-state index is -0.616. The van der Waals surface area contributed by atoms with Gasteiger partial charge in [0.1, 0.15) is 0 Å². The van der Waals surface area contributed by atoms with Crippen LogP contribution in [0.5, 0.6) is 0 Å². The Morgan fingerprint density at radius 3 is 2.64 bits per heavy atom. The minimum Gasteiger partial charge on any atom is -0.481 e. The molecule has 0 radical (unpaired) electrons. The van der Waals surface area contributed by atoms with E-state index in [1.165, 1.54) is 12.8 Å². The van der Waals surface area contributed by atoms with Crippen molar-refractivity contribution in [3.05, 3.63) is 0 Å². The number of aliphatic carboxylic acids is 1. The molecule has 0 spiro atoms. The summed E-state index contributed by atoms with van der Waals surface area (Å²) in [4.78, 5) is 11.1. The molecule has 3 heteroatoms. The molecule has 14 heavy (non-hydrogen) atoms. The van der Waals surface area contributed by atoms with Crippen molar-refractivity contribution in [3.63, 3.8) is 0 Å². The second-order valence-corrected chi connectivity index (χ2v) is 4.70. The van der Waals surface area contributed by atoms with Crippen molar-refractivity contribution >= 4 is 5.97 Å². The van der Waals surface area contributed by atoms with Gasteiger partial charge in [0.15, 0.2) is 0 Å². The van der Waals surface area contributed by atoms with E-state index >= 15 is 0 Å². The molecular formula is C11H19NO2. The van der Waals surface area contributed by atoms with E-state index in [2.05, 4.69) is 12.2 Å². The molecule has 0 aromatic rings. The number of hydrogen-bond acceptors (Lipinski definition) is 2. The van der Waals surface area contributed by atoms with E-state index in [0.29, 0.717) is 5.92 Å². The highest BCUT2D eigenvalue weighted by atomic mass is 16.4. The highest BCUT2D eigenvalue weighted by molar-refractivity contribution is 5.71. The molecule has 1 saturated carbocycles. The van der Waals surface area contributed by atoms with Crippen LogP contribution in [-0.4, -0.2) is 23.7 Å². The Bertz CT molecular complexity index is 225. The Hall–Kier alpha value is -0.570. The smallest absolute Gasteiger partial charge is 0.308 e. The Kier molecular flexibility index (Phi) is 2.77. The van der Waals surface area contributed by atoms with Crippen LogP contribution in [0.3, 0.4) is 0 Å². The molecule has 1 heterocycles. The first-order chi connectivity index (χ1) is 6.72. The number of carboxylic acid groups (broad SMARTS) is 1. The molecule has 3 nitrogen and oxygen atoms in total. The van der Waals surface area contributed by atoms with Crippen LogP contribution in [0.15, 0.2) is 0 Å². The van der Waals surface area contributed by atoms with Gasteiger partial charge in [-0.25, -0.2) is 0 Å². The van der Waals surface area contributed by atoms with E-state index in [1.54, 1.807) is 0 Å². The Balaban J connectivity index is 1.97. The normalized spacial score (nSPS) is 38.2. The lowest BCUT2D eigenvalue weighted by Crippen LogP contribution is -2.48. The third kappa shape index (κ3) is 1.92. The van der Waals surface area contributed by atoms with Crippen molar-refractivity contribution in [2.75, 3.05) is 6.54 Å². The zero-order valence-electron chi connectivity index (χ0n) is 8.70. The number of nitrogens with one attached hydrogen (secondary N) is 1. The summed E-state index contributed by atoms with van der Waals surface area (Å²) < 4.78 is 0. The largest absolute Gasteiger partial charge is 0.481 e. The first-order valence-electron chi connectivity index (χ1n) is 5.68. The third-order valence-electron chi connectivity index (χ3n) is 3.73. The first kappa shape index (κ1) is 9.97. The van der Waals surface area contributed by atoms with E-state index in [1.807, 2.05) is 0 Å². The average molecular weight is 197 g/mol. The third-order valence-corrected chi connectivity index (χ3v) is 3.73. The van der Waals surface area contributed by atoms with Crippen molar-refractivity contribution < 1.29 is 9.90 Å². The standard InChI is InChI=1S/C11H19NO2/c1-2-10-9(11(13)14)5-8(6-12-10)7-3-4-7/h7-10,12H,2-6H2,1H3,(H,13,14). The van der Waals surface area contributed by atoms with Gasteiger partial charge in [-0.3, -0.25) is 4.79 Å². The Labute approximate surface area is 84.9 Å². The van der Waals surface area contributed by atoms with Crippen molar-refractivity contribution in [2.45, 2.75) is 38.6 Å². The molecule has 3 unspecified atom stereocenters. The van der Waals surface area contributed by atoms with Crippen LogP contribution in [0, 0.1) is 17.8 Å².